The molecule has 2 aromatic carbocycles. The number of benzene rings is 2. The Kier molecular flexibility index (Phi) is 4.66. The molecule has 0 spiro atoms. The van der Waals surface area contributed by atoms with Crippen LogP contribution in [0.4, 0.5) is 10.2 Å². The number of rotatable bonds is 5. The molecule has 0 atom stereocenters. The molecule has 0 aliphatic heterocycles. The molecule has 0 amide bonds. The molecule has 0 saturated carbocycles. The van der Waals surface area contributed by atoms with E-state index in [4.69, 9.17) is 0 Å². The molecule has 0 bridgehead atoms. The zero-order chi connectivity index (χ0) is 17.8. The molecule has 2 aromatic heterocycles. The molecular weight excluding hydrogens is 347 g/mol. The highest BCUT2D eigenvalue weighted by atomic mass is 32.1. The summed E-state index contributed by atoms with van der Waals surface area (Å²) < 4.78 is 13.6. The molecular formula is C20H15FN4S. The Labute approximate surface area is 154 Å². The van der Waals surface area contributed by atoms with Crippen molar-refractivity contribution in [1.29, 1.82) is 0 Å². The summed E-state index contributed by atoms with van der Waals surface area (Å²) in [4.78, 5) is 10.7. The average molecular weight is 362 g/mol. The molecule has 128 valence electrons. The third-order valence-electron chi connectivity index (χ3n) is 3.88. The van der Waals surface area contributed by atoms with Gasteiger partial charge < -0.3 is 0 Å². The van der Waals surface area contributed by atoms with Gasteiger partial charge in [-0.25, -0.2) is 14.4 Å². The number of halogens is 1. The van der Waals surface area contributed by atoms with E-state index >= 15 is 0 Å². The first-order valence-electron chi connectivity index (χ1n) is 8.10. The summed E-state index contributed by atoms with van der Waals surface area (Å²) in [6, 6.07) is 18.8. The number of aromatic nitrogens is 2. The van der Waals surface area contributed by atoms with Crippen molar-refractivity contribution in [3.05, 3.63) is 88.8 Å². The van der Waals surface area contributed by atoms with Crippen LogP contribution < -0.4 is 5.43 Å². The number of hydrogen-bond acceptors (Lipinski definition) is 5. The van der Waals surface area contributed by atoms with Crippen molar-refractivity contribution in [2.75, 3.05) is 5.43 Å². The lowest BCUT2D eigenvalue weighted by atomic mass is 10.1. The topological polar surface area (TPSA) is 50.2 Å². The van der Waals surface area contributed by atoms with E-state index < -0.39 is 0 Å². The highest BCUT2D eigenvalue weighted by molar-refractivity contribution is 7.18. The first kappa shape index (κ1) is 16.4. The molecule has 0 fully saturated rings. The van der Waals surface area contributed by atoms with E-state index in [9.17, 15) is 4.39 Å². The van der Waals surface area contributed by atoms with E-state index in [1.165, 1.54) is 29.0 Å². The number of anilines is 1. The van der Waals surface area contributed by atoms with Crippen LogP contribution >= 0.6 is 11.3 Å². The summed E-state index contributed by atoms with van der Waals surface area (Å²) in [6.07, 6.45) is 3.80. The van der Waals surface area contributed by atoms with Crippen molar-refractivity contribution in [2.45, 2.75) is 6.42 Å². The SMILES string of the molecule is Fc1ccccc1/C=N/Nc1ncnc2sc(Cc3ccccc3)cc12. The summed E-state index contributed by atoms with van der Waals surface area (Å²) in [5.74, 6) is 0.296. The van der Waals surface area contributed by atoms with Crippen LogP contribution in [0.3, 0.4) is 0 Å². The van der Waals surface area contributed by atoms with Crippen molar-refractivity contribution in [1.82, 2.24) is 9.97 Å². The largest absolute Gasteiger partial charge is 0.261 e. The van der Waals surface area contributed by atoms with Crippen LogP contribution in [-0.2, 0) is 6.42 Å². The lowest BCUT2D eigenvalue weighted by Crippen LogP contribution is -1.95. The lowest BCUT2D eigenvalue weighted by molar-refractivity contribution is 0.626. The first-order valence-corrected chi connectivity index (χ1v) is 8.92. The van der Waals surface area contributed by atoms with E-state index in [-0.39, 0.29) is 5.82 Å². The van der Waals surface area contributed by atoms with Gasteiger partial charge in [-0.1, -0.05) is 48.5 Å². The van der Waals surface area contributed by atoms with Crippen LogP contribution in [0.15, 0.2) is 72.1 Å². The molecule has 6 heteroatoms. The minimum atomic E-state index is -0.313. The van der Waals surface area contributed by atoms with Crippen molar-refractivity contribution in [3.63, 3.8) is 0 Å². The van der Waals surface area contributed by atoms with Gasteiger partial charge in [0.25, 0.3) is 0 Å². The van der Waals surface area contributed by atoms with Crippen LogP contribution in [0.1, 0.15) is 16.0 Å². The monoisotopic (exact) mass is 362 g/mol. The third kappa shape index (κ3) is 3.60. The minimum absolute atomic E-state index is 0.313. The molecule has 2 heterocycles. The van der Waals surface area contributed by atoms with Gasteiger partial charge in [0.1, 0.15) is 17.0 Å². The Morgan fingerprint density at radius 1 is 1.04 bits per heavy atom. The highest BCUT2D eigenvalue weighted by Gasteiger charge is 2.09. The summed E-state index contributed by atoms with van der Waals surface area (Å²) in [6.45, 7) is 0. The van der Waals surface area contributed by atoms with Crippen LogP contribution in [0.2, 0.25) is 0 Å². The van der Waals surface area contributed by atoms with E-state index in [0.717, 1.165) is 16.6 Å². The van der Waals surface area contributed by atoms with Crippen LogP contribution in [0.5, 0.6) is 0 Å². The number of thiophene rings is 1. The van der Waals surface area contributed by atoms with Crippen LogP contribution in [-0.4, -0.2) is 16.2 Å². The molecule has 0 aliphatic rings. The third-order valence-corrected chi connectivity index (χ3v) is 4.92. The van der Waals surface area contributed by atoms with E-state index in [2.05, 4.69) is 38.7 Å². The van der Waals surface area contributed by atoms with E-state index in [1.54, 1.807) is 29.5 Å². The quantitative estimate of drug-likeness (QED) is 0.407. The van der Waals surface area contributed by atoms with Gasteiger partial charge in [-0.2, -0.15) is 5.10 Å². The standard InChI is InChI=1S/C20H15FN4S/c21-18-9-5-4-8-15(18)12-24-25-19-17-11-16(26-20(17)23-13-22-19)10-14-6-2-1-3-7-14/h1-9,11-13H,10H2,(H,22,23,25)/b24-12+. The number of nitrogens with one attached hydrogen (secondary N) is 1. The fourth-order valence-electron chi connectivity index (χ4n) is 2.62. The fourth-order valence-corrected chi connectivity index (χ4v) is 3.65. The summed E-state index contributed by atoms with van der Waals surface area (Å²) in [5, 5.41) is 5.03. The van der Waals surface area contributed by atoms with Crippen molar-refractivity contribution in [3.8, 4) is 0 Å². The molecule has 0 unspecified atom stereocenters. The Bertz CT molecular complexity index is 1060. The smallest absolute Gasteiger partial charge is 0.158 e. The Morgan fingerprint density at radius 3 is 2.69 bits per heavy atom. The van der Waals surface area contributed by atoms with Gasteiger partial charge in [-0.15, -0.1) is 11.3 Å². The summed E-state index contributed by atoms with van der Waals surface area (Å²) in [7, 11) is 0. The molecule has 26 heavy (non-hydrogen) atoms. The highest BCUT2D eigenvalue weighted by Crippen LogP contribution is 2.29. The lowest BCUT2D eigenvalue weighted by Gasteiger charge is -2.00. The van der Waals surface area contributed by atoms with Gasteiger partial charge in [0.05, 0.1) is 11.6 Å². The molecule has 0 radical (unpaired) electrons. The van der Waals surface area contributed by atoms with Gasteiger partial charge in [-0.05, 0) is 17.7 Å². The molecule has 4 rings (SSSR count). The molecule has 1 N–H and O–H groups in total. The maximum Gasteiger partial charge on any atom is 0.158 e. The summed E-state index contributed by atoms with van der Waals surface area (Å²) >= 11 is 1.64. The van der Waals surface area contributed by atoms with Gasteiger partial charge in [0, 0.05) is 16.9 Å². The van der Waals surface area contributed by atoms with Crippen LogP contribution in [0.25, 0.3) is 10.2 Å². The van der Waals surface area contributed by atoms with Gasteiger partial charge in [-0.3, -0.25) is 5.43 Å². The summed E-state index contributed by atoms with van der Waals surface area (Å²) in [5.41, 5.74) is 4.57. The van der Waals surface area contributed by atoms with Crippen molar-refractivity contribution >= 4 is 33.6 Å². The second kappa shape index (κ2) is 7.41. The van der Waals surface area contributed by atoms with Gasteiger partial charge in [0.15, 0.2) is 5.82 Å². The maximum atomic E-state index is 13.6. The predicted molar refractivity (Wildman–Crippen MR) is 104 cm³/mol. The zero-order valence-corrected chi connectivity index (χ0v) is 14.6. The number of nitrogens with zero attached hydrogens (tertiary/aromatic N) is 3. The Morgan fingerprint density at radius 2 is 1.85 bits per heavy atom. The second-order valence-electron chi connectivity index (χ2n) is 5.71. The molecule has 4 aromatic rings. The number of fused-ring (bicyclic) bond motifs is 1. The molecule has 0 aliphatic carbocycles. The van der Waals surface area contributed by atoms with Crippen molar-refractivity contribution in [2.24, 2.45) is 5.10 Å². The first-order chi connectivity index (χ1) is 12.8. The van der Waals surface area contributed by atoms with Gasteiger partial charge >= 0.3 is 0 Å². The number of hydrazone groups is 1. The average Bonchev–Trinajstić information content (AvgIpc) is 3.07. The maximum absolute atomic E-state index is 13.6. The van der Waals surface area contributed by atoms with E-state index in [1.807, 2.05) is 18.2 Å². The molecule has 0 saturated heterocycles. The molecule has 4 nitrogen and oxygen atoms in total. The van der Waals surface area contributed by atoms with Crippen LogP contribution in [0, 0.1) is 5.82 Å². The number of hydrogen-bond donors (Lipinski definition) is 1. The van der Waals surface area contributed by atoms with Crippen molar-refractivity contribution < 1.29 is 4.39 Å². The Hall–Kier alpha value is -3.12. The van der Waals surface area contributed by atoms with E-state index in [0.29, 0.717) is 11.4 Å². The Balaban J connectivity index is 1.57. The van der Waals surface area contributed by atoms with Gasteiger partial charge in [0.2, 0.25) is 0 Å². The second-order valence-corrected chi connectivity index (χ2v) is 6.82. The fraction of sp³-hybridized carbons (Fsp3) is 0.0500. The normalized spacial score (nSPS) is 11.3. The zero-order valence-electron chi connectivity index (χ0n) is 13.8. The minimum Gasteiger partial charge on any atom is -0.261 e. The predicted octanol–water partition coefficient (Wildman–Crippen LogP) is 4.87.